The molecule has 0 atom stereocenters. The number of ether oxygens (including phenoxy) is 1. The molecule has 0 unspecified atom stereocenters. The average molecular weight is 347 g/mol. The molecule has 0 bridgehead atoms. The first-order valence-corrected chi connectivity index (χ1v) is 7.45. The van der Waals surface area contributed by atoms with Crippen molar-refractivity contribution in [3.63, 3.8) is 0 Å². The van der Waals surface area contributed by atoms with Crippen LogP contribution in [-0.2, 0) is 22.7 Å². The summed E-state index contributed by atoms with van der Waals surface area (Å²) in [5.74, 6) is -1.13. The molecular formula is C17H12ClFN2O3. The van der Waals surface area contributed by atoms with Gasteiger partial charge in [-0.3, -0.25) is 14.2 Å². The Kier molecular flexibility index (Phi) is 4.57. The smallest absolute Gasteiger partial charge is 0.326 e. The van der Waals surface area contributed by atoms with Gasteiger partial charge in [0, 0.05) is 5.02 Å². The van der Waals surface area contributed by atoms with Crippen molar-refractivity contribution in [1.29, 1.82) is 0 Å². The van der Waals surface area contributed by atoms with Crippen LogP contribution < -0.4 is 5.56 Å². The fourth-order valence-corrected chi connectivity index (χ4v) is 2.30. The van der Waals surface area contributed by atoms with E-state index in [0.29, 0.717) is 10.5 Å². The van der Waals surface area contributed by atoms with Gasteiger partial charge < -0.3 is 4.74 Å². The lowest BCUT2D eigenvalue weighted by atomic mass is 10.2. The van der Waals surface area contributed by atoms with E-state index in [2.05, 4.69) is 4.98 Å². The lowest BCUT2D eigenvalue weighted by Gasteiger charge is -2.08. The monoisotopic (exact) mass is 346 g/mol. The Hall–Kier alpha value is -2.73. The summed E-state index contributed by atoms with van der Waals surface area (Å²) in [6, 6.07) is 10.6. The fraction of sp³-hybridized carbons (Fsp3) is 0.118. The molecule has 1 aromatic heterocycles. The molecule has 0 amide bonds. The number of hydrogen-bond acceptors (Lipinski definition) is 4. The number of rotatable bonds is 4. The van der Waals surface area contributed by atoms with E-state index in [0.717, 1.165) is 16.2 Å². The molecule has 3 aromatic rings. The van der Waals surface area contributed by atoms with Gasteiger partial charge in [-0.2, -0.15) is 0 Å². The molecule has 0 N–H and O–H groups in total. The third kappa shape index (κ3) is 3.60. The van der Waals surface area contributed by atoms with Gasteiger partial charge in [0.15, 0.2) is 0 Å². The molecule has 3 rings (SSSR count). The molecule has 5 nitrogen and oxygen atoms in total. The molecule has 0 radical (unpaired) electrons. The van der Waals surface area contributed by atoms with Crippen molar-refractivity contribution in [3.05, 3.63) is 75.5 Å². The Morgan fingerprint density at radius 3 is 2.71 bits per heavy atom. The minimum Gasteiger partial charge on any atom is -0.459 e. The standard InChI is InChI=1S/C17H12ClFN2O3/c18-12-3-1-11(2-4-12)9-24-16(22)8-21-10-20-15-6-5-13(19)7-14(15)17(21)23/h1-7,10H,8-9H2. The Morgan fingerprint density at radius 1 is 1.21 bits per heavy atom. The molecule has 0 fully saturated rings. The summed E-state index contributed by atoms with van der Waals surface area (Å²) >= 11 is 5.78. The van der Waals surface area contributed by atoms with E-state index < -0.39 is 17.3 Å². The van der Waals surface area contributed by atoms with Gasteiger partial charge in [-0.1, -0.05) is 23.7 Å². The van der Waals surface area contributed by atoms with E-state index in [4.69, 9.17) is 16.3 Å². The normalized spacial score (nSPS) is 10.8. The fourth-order valence-electron chi connectivity index (χ4n) is 2.17. The summed E-state index contributed by atoms with van der Waals surface area (Å²) in [4.78, 5) is 28.2. The minimum absolute atomic E-state index is 0.0698. The van der Waals surface area contributed by atoms with E-state index in [9.17, 15) is 14.0 Å². The number of carbonyl (C=O) groups excluding carboxylic acids is 1. The molecule has 0 saturated heterocycles. The van der Waals surface area contributed by atoms with Crippen molar-refractivity contribution in [3.8, 4) is 0 Å². The first-order valence-electron chi connectivity index (χ1n) is 7.08. The van der Waals surface area contributed by atoms with Gasteiger partial charge in [-0.25, -0.2) is 9.37 Å². The lowest BCUT2D eigenvalue weighted by molar-refractivity contribution is -0.145. The molecule has 0 aliphatic heterocycles. The highest BCUT2D eigenvalue weighted by Crippen LogP contribution is 2.11. The number of fused-ring (bicyclic) bond motifs is 1. The van der Waals surface area contributed by atoms with Crippen LogP contribution in [0.4, 0.5) is 4.39 Å². The predicted octanol–water partition coefficient (Wildman–Crippen LogP) is 2.93. The Balaban J connectivity index is 1.72. The Morgan fingerprint density at radius 2 is 1.96 bits per heavy atom. The zero-order valence-electron chi connectivity index (χ0n) is 12.4. The number of nitrogens with zero attached hydrogens (tertiary/aromatic N) is 2. The third-order valence-corrected chi connectivity index (χ3v) is 3.65. The van der Waals surface area contributed by atoms with E-state index in [1.54, 1.807) is 24.3 Å². The van der Waals surface area contributed by atoms with Crippen LogP contribution in [-0.4, -0.2) is 15.5 Å². The Labute approximate surface area is 141 Å². The highest BCUT2D eigenvalue weighted by Gasteiger charge is 2.10. The van der Waals surface area contributed by atoms with Gasteiger partial charge in [0.2, 0.25) is 0 Å². The summed E-state index contributed by atoms with van der Waals surface area (Å²) in [5.41, 5.74) is 0.647. The first-order chi connectivity index (χ1) is 11.5. The lowest BCUT2D eigenvalue weighted by Crippen LogP contribution is -2.25. The van der Waals surface area contributed by atoms with Gasteiger partial charge in [0.25, 0.3) is 5.56 Å². The third-order valence-electron chi connectivity index (χ3n) is 3.40. The van der Waals surface area contributed by atoms with Gasteiger partial charge >= 0.3 is 5.97 Å². The van der Waals surface area contributed by atoms with Crippen LogP contribution in [0.1, 0.15) is 5.56 Å². The summed E-state index contributed by atoms with van der Waals surface area (Å²) in [6.45, 7) is -0.230. The second-order valence-electron chi connectivity index (χ2n) is 5.13. The number of hydrogen-bond donors (Lipinski definition) is 0. The first kappa shape index (κ1) is 16.1. The number of halogens is 2. The zero-order valence-corrected chi connectivity index (χ0v) is 13.2. The highest BCUT2D eigenvalue weighted by atomic mass is 35.5. The van der Waals surface area contributed by atoms with Crippen molar-refractivity contribution < 1.29 is 13.9 Å². The predicted molar refractivity (Wildman–Crippen MR) is 87.2 cm³/mol. The van der Waals surface area contributed by atoms with Crippen molar-refractivity contribution in [2.24, 2.45) is 0 Å². The largest absolute Gasteiger partial charge is 0.459 e. The van der Waals surface area contributed by atoms with Crippen molar-refractivity contribution in [2.75, 3.05) is 0 Å². The van der Waals surface area contributed by atoms with Crippen molar-refractivity contribution >= 4 is 28.5 Å². The zero-order chi connectivity index (χ0) is 17.1. The van der Waals surface area contributed by atoms with Crippen molar-refractivity contribution in [1.82, 2.24) is 9.55 Å². The van der Waals surface area contributed by atoms with Crippen LogP contribution in [0.2, 0.25) is 5.02 Å². The van der Waals surface area contributed by atoms with E-state index in [1.165, 1.54) is 18.5 Å². The molecule has 1 heterocycles. The van der Waals surface area contributed by atoms with Crippen LogP contribution >= 0.6 is 11.6 Å². The molecule has 7 heteroatoms. The molecule has 0 aliphatic carbocycles. The molecule has 2 aromatic carbocycles. The number of esters is 1. The second-order valence-corrected chi connectivity index (χ2v) is 5.56. The molecule has 122 valence electrons. The molecular weight excluding hydrogens is 335 g/mol. The molecule has 24 heavy (non-hydrogen) atoms. The Bertz CT molecular complexity index is 954. The number of carbonyl (C=O) groups is 1. The van der Waals surface area contributed by atoms with Gasteiger partial charge in [-0.15, -0.1) is 0 Å². The average Bonchev–Trinajstić information content (AvgIpc) is 2.57. The van der Waals surface area contributed by atoms with Gasteiger partial charge in [-0.05, 0) is 35.9 Å². The van der Waals surface area contributed by atoms with Crippen LogP contribution in [0.15, 0.2) is 53.6 Å². The topological polar surface area (TPSA) is 61.2 Å². The summed E-state index contributed by atoms with van der Waals surface area (Å²) < 4.78 is 19.5. The van der Waals surface area contributed by atoms with Gasteiger partial charge in [0.1, 0.15) is 19.0 Å². The maximum atomic E-state index is 13.3. The van der Waals surface area contributed by atoms with Crippen molar-refractivity contribution in [2.45, 2.75) is 13.2 Å². The van der Waals surface area contributed by atoms with E-state index in [-0.39, 0.29) is 18.5 Å². The minimum atomic E-state index is -0.593. The summed E-state index contributed by atoms with van der Waals surface area (Å²) in [6.07, 6.45) is 1.24. The van der Waals surface area contributed by atoms with E-state index >= 15 is 0 Å². The maximum absolute atomic E-state index is 13.3. The van der Waals surface area contributed by atoms with E-state index in [1.807, 2.05) is 0 Å². The van der Waals surface area contributed by atoms with Crippen LogP contribution in [0, 0.1) is 5.82 Å². The maximum Gasteiger partial charge on any atom is 0.326 e. The SMILES string of the molecule is O=C(Cn1cnc2ccc(F)cc2c1=O)OCc1ccc(Cl)cc1. The quantitative estimate of drug-likeness (QED) is 0.681. The van der Waals surface area contributed by atoms with Gasteiger partial charge in [0.05, 0.1) is 17.2 Å². The number of benzene rings is 2. The highest BCUT2D eigenvalue weighted by molar-refractivity contribution is 6.30. The molecule has 0 spiro atoms. The molecule has 0 aliphatic rings. The summed E-state index contributed by atoms with van der Waals surface area (Å²) in [7, 11) is 0. The molecule has 0 saturated carbocycles. The van der Waals surface area contributed by atoms with Crippen LogP contribution in [0.25, 0.3) is 10.9 Å². The van der Waals surface area contributed by atoms with Crippen LogP contribution in [0.5, 0.6) is 0 Å². The van der Waals surface area contributed by atoms with Crippen LogP contribution in [0.3, 0.4) is 0 Å². The number of aromatic nitrogens is 2. The summed E-state index contributed by atoms with van der Waals surface area (Å²) in [5, 5.41) is 0.703. The second kappa shape index (κ2) is 6.80.